The maximum absolute atomic E-state index is 11.4. The van der Waals surface area contributed by atoms with Gasteiger partial charge in [0.05, 0.1) is 0 Å². The van der Waals surface area contributed by atoms with Crippen LogP contribution in [0.15, 0.2) is 55.1 Å². The minimum atomic E-state index is -1.91. The zero-order chi connectivity index (χ0) is 15.0. The third-order valence-corrected chi connectivity index (χ3v) is 4.06. The molecule has 0 aromatic heterocycles. The molecule has 3 heteroatoms. The van der Waals surface area contributed by atoms with Gasteiger partial charge >= 0.3 is 5.97 Å². The van der Waals surface area contributed by atoms with Gasteiger partial charge in [-0.15, -0.1) is 6.58 Å². The van der Waals surface area contributed by atoms with Crippen molar-refractivity contribution in [1.82, 2.24) is 0 Å². The predicted molar refractivity (Wildman–Crippen MR) is 81.0 cm³/mol. The smallest absolute Gasteiger partial charge is 0.340 e. The summed E-state index contributed by atoms with van der Waals surface area (Å²) in [4.78, 5) is 11.4. The molecule has 0 spiro atoms. The van der Waals surface area contributed by atoms with E-state index in [-0.39, 0.29) is 6.42 Å². The van der Waals surface area contributed by atoms with Crippen molar-refractivity contribution in [3.05, 3.63) is 71.8 Å². The molecule has 1 unspecified atom stereocenters. The van der Waals surface area contributed by atoms with Crippen LogP contribution in [0.25, 0.3) is 11.1 Å². The van der Waals surface area contributed by atoms with Gasteiger partial charge in [-0.3, -0.25) is 0 Å². The molecule has 0 bridgehead atoms. The number of carboxylic acid groups (broad SMARTS) is 1. The van der Waals surface area contributed by atoms with Crippen molar-refractivity contribution in [2.45, 2.75) is 18.4 Å². The summed E-state index contributed by atoms with van der Waals surface area (Å²) in [5, 5.41) is 19.8. The third kappa shape index (κ3) is 2.06. The Morgan fingerprint density at radius 2 is 1.90 bits per heavy atom. The van der Waals surface area contributed by atoms with Crippen LogP contribution in [0.1, 0.15) is 23.1 Å². The van der Waals surface area contributed by atoms with Crippen molar-refractivity contribution in [2.75, 3.05) is 0 Å². The van der Waals surface area contributed by atoms with Gasteiger partial charge in [0, 0.05) is 6.42 Å². The van der Waals surface area contributed by atoms with E-state index in [0.717, 1.165) is 17.5 Å². The largest absolute Gasteiger partial charge is 0.479 e. The number of hydrogen-bond donors (Lipinski definition) is 2. The van der Waals surface area contributed by atoms with Crippen molar-refractivity contribution in [3.63, 3.8) is 0 Å². The number of fused-ring (bicyclic) bond motifs is 3. The highest BCUT2D eigenvalue weighted by Gasteiger charge is 2.37. The van der Waals surface area contributed by atoms with Gasteiger partial charge < -0.3 is 10.2 Å². The Morgan fingerprint density at radius 3 is 2.62 bits per heavy atom. The van der Waals surface area contributed by atoms with E-state index in [9.17, 15) is 15.0 Å². The number of aliphatic hydroxyl groups is 1. The number of benzene rings is 2. The van der Waals surface area contributed by atoms with E-state index in [0.29, 0.717) is 5.56 Å². The number of hydrogen-bond acceptors (Lipinski definition) is 2. The highest BCUT2D eigenvalue weighted by Crippen LogP contribution is 2.39. The van der Waals surface area contributed by atoms with E-state index in [1.165, 1.54) is 17.2 Å². The average Bonchev–Trinajstić information content (AvgIpc) is 2.84. The molecule has 0 heterocycles. The fourth-order valence-electron chi connectivity index (χ4n) is 2.94. The van der Waals surface area contributed by atoms with E-state index >= 15 is 0 Å². The number of rotatable bonds is 4. The Bertz CT molecular complexity index is 733. The Hall–Kier alpha value is -2.39. The highest BCUT2D eigenvalue weighted by molar-refractivity contribution is 5.82. The molecule has 1 aliphatic carbocycles. The summed E-state index contributed by atoms with van der Waals surface area (Å²) in [5.74, 6) is -1.25. The van der Waals surface area contributed by atoms with E-state index < -0.39 is 11.6 Å². The standard InChI is InChI=1S/C18H16O3/c1-2-9-18(21,17(19)20)14-7-8-16-13(11-14)10-12-5-3-4-6-15(12)16/h2-8,11,21H,1,9-10H2,(H,19,20). The SMILES string of the molecule is C=CCC(O)(C(=O)O)c1ccc2c(c1)Cc1ccccc1-2. The molecule has 2 aromatic rings. The van der Waals surface area contributed by atoms with E-state index in [4.69, 9.17) is 0 Å². The summed E-state index contributed by atoms with van der Waals surface area (Å²) in [6.07, 6.45) is 2.17. The molecule has 21 heavy (non-hydrogen) atoms. The first-order valence-electron chi connectivity index (χ1n) is 6.84. The second-order valence-electron chi connectivity index (χ2n) is 5.36. The lowest BCUT2D eigenvalue weighted by molar-refractivity contribution is -0.159. The van der Waals surface area contributed by atoms with Crippen LogP contribution in [0.3, 0.4) is 0 Å². The second-order valence-corrected chi connectivity index (χ2v) is 5.36. The van der Waals surface area contributed by atoms with Gasteiger partial charge in [0.15, 0.2) is 5.60 Å². The Morgan fingerprint density at radius 1 is 1.19 bits per heavy atom. The second kappa shape index (κ2) is 4.86. The first kappa shape index (κ1) is 13.6. The molecular weight excluding hydrogens is 264 g/mol. The van der Waals surface area contributed by atoms with Crippen LogP contribution >= 0.6 is 0 Å². The molecule has 3 rings (SSSR count). The van der Waals surface area contributed by atoms with Gasteiger partial charge in [0.2, 0.25) is 0 Å². The highest BCUT2D eigenvalue weighted by atomic mass is 16.4. The van der Waals surface area contributed by atoms with Crippen molar-refractivity contribution in [3.8, 4) is 11.1 Å². The van der Waals surface area contributed by atoms with Crippen molar-refractivity contribution >= 4 is 5.97 Å². The van der Waals surface area contributed by atoms with E-state index in [2.05, 4.69) is 18.7 Å². The normalized spacial score (nSPS) is 14.9. The molecule has 1 aliphatic rings. The van der Waals surface area contributed by atoms with Crippen molar-refractivity contribution in [2.24, 2.45) is 0 Å². The molecule has 0 saturated heterocycles. The fourth-order valence-corrected chi connectivity index (χ4v) is 2.94. The van der Waals surface area contributed by atoms with Crippen LogP contribution in [0.2, 0.25) is 0 Å². The molecule has 2 aromatic carbocycles. The Labute approximate surface area is 123 Å². The fraction of sp³-hybridized carbons (Fsp3) is 0.167. The minimum Gasteiger partial charge on any atom is -0.479 e. The van der Waals surface area contributed by atoms with Gasteiger partial charge in [-0.05, 0) is 34.2 Å². The molecule has 2 N–H and O–H groups in total. The summed E-state index contributed by atoms with van der Waals surface area (Å²) >= 11 is 0. The van der Waals surface area contributed by atoms with Gasteiger partial charge in [-0.1, -0.05) is 48.5 Å². The van der Waals surface area contributed by atoms with Crippen LogP contribution in [-0.2, 0) is 16.8 Å². The van der Waals surface area contributed by atoms with Gasteiger partial charge in [0.1, 0.15) is 0 Å². The lowest BCUT2D eigenvalue weighted by atomic mass is 9.88. The molecular formula is C18H16O3. The average molecular weight is 280 g/mol. The Balaban J connectivity index is 2.08. The van der Waals surface area contributed by atoms with Gasteiger partial charge in [0.25, 0.3) is 0 Å². The van der Waals surface area contributed by atoms with Crippen LogP contribution < -0.4 is 0 Å². The molecule has 0 radical (unpaired) electrons. The summed E-state index contributed by atoms with van der Waals surface area (Å²) in [6.45, 7) is 3.54. The van der Waals surface area contributed by atoms with Crippen LogP contribution in [0.4, 0.5) is 0 Å². The van der Waals surface area contributed by atoms with Gasteiger partial charge in [-0.2, -0.15) is 0 Å². The molecule has 0 fully saturated rings. The lowest BCUT2D eigenvalue weighted by Crippen LogP contribution is -2.35. The Kier molecular flexibility index (Phi) is 3.15. The molecule has 1 atom stereocenters. The minimum absolute atomic E-state index is 0.0198. The van der Waals surface area contributed by atoms with E-state index in [1.54, 1.807) is 12.1 Å². The predicted octanol–water partition coefficient (Wildman–Crippen LogP) is 3.11. The van der Waals surface area contributed by atoms with Gasteiger partial charge in [-0.25, -0.2) is 4.79 Å². The van der Waals surface area contributed by atoms with Crippen LogP contribution in [0.5, 0.6) is 0 Å². The number of carbonyl (C=O) groups is 1. The summed E-state index contributed by atoms with van der Waals surface area (Å²) < 4.78 is 0. The van der Waals surface area contributed by atoms with Crippen molar-refractivity contribution < 1.29 is 15.0 Å². The first-order valence-corrected chi connectivity index (χ1v) is 6.84. The monoisotopic (exact) mass is 280 g/mol. The maximum Gasteiger partial charge on any atom is 0.340 e. The maximum atomic E-state index is 11.4. The number of aliphatic carboxylic acids is 1. The first-order chi connectivity index (χ1) is 10.1. The molecule has 106 valence electrons. The summed E-state index contributed by atoms with van der Waals surface area (Å²) in [5.41, 5.74) is 3.07. The van der Waals surface area contributed by atoms with E-state index in [1.807, 2.05) is 18.2 Å². The molecule has 0 amide bonds. The van der Waals surface area contributed by atoms with Crippen LogP contribution in [0, 0.1) is 0 Å². The topological polar surface area (TPSA) is 57.5 Å². The summed E-state index contributed by atoms with van der Waals surface area (Å²) in [7, 11) is 0. The zero-order valence-electron chi connectivity index (χ0n) is 11.5. The molecule has 0 saturated carbocycles. The quantitative estimate of drug-likeness (QED) is 0.722. The number of carboxylic acids is 1. The lowest BCUT2D eigenvalue weighted by Gasteiger charge is -2.23. The molecule has 3 nitrogen and oxygen atoms in total. The summed E-state index contributed by atoms with van der Waals surface area (Å²) in [6, 6.07) is 13.5. The van der Waals surface area contributed by atoms with Crippen molar-refractivity contribution in [1.29, 1.82) is 0 Å². The third-order valence-electron chi connectivity index (χ3n) is 4.06. The zero-order valence-corrected chi connectivity index (χ0v) is 11.5. The molecule has 0 aliphatic heterocycles. The van der Waals surface area contributed by atoms with Crippen LogP contribution in [-0.4, -0.2) is 16.2 Å².